The average molecular weight is 253 g/mol. The summed E-state index contributed by atoms with van der Waals surface area (Å²) in [6.07, 6.45) is 9.59. The van der Waals surface area contributed by atoms with Crippen LogP contribution in [0.5, 0.6) is 0 Å². The molecule has 1 aromatic heterocycles. The molecule has 0 spiro atoms. The number of nitrogens with one attached hydrogen (secondary N) is 2. The lowest BCUT2D eigenvalue weighted by molar-refractivity contribution is 0.399. The number of thiazole rings is 1. The van der Waals surface area contributed by atoms with E-state index in [1.807, 2.05) is 18.4 Å². The van der Waals surface area contributed by atoms with Gasteiger partial charge in [-0.25, -0.2) is 4.98 Å². The van der Waals surface area contributed by atoms with Crippen LogP contribution in [0.4, 0.5) is 0 Å². The lowest BCUT2D eigenvalue weighted by Crippen LogP contribution is -2.35. The average Bonchev–Trinajstić information content (AvgIpc) is 2.79. The molecular weight excluding hydrogens is 230 g/mol. The highest BCUT2D eigenvalue weighted by Crippen LogP contribution is 2.19. The van der Waals surface area contributed by atoms with E-state index in [-0.39, 0.29) is 0 Å². The number of aryl methyl sites for hydroxylation is 1. The molecule has 1 aliphatic rings. The molecule has 0 aromatic carbocycles. The topological polar surface area (TPSA) is 37.0 Å². The van der Waals surface area contributed by atoms with Crippen LogP contribution in [0.1, 0.15) is 35.6 Å². The Bertz CT molecular complexity index is 318. The number of rotatable bonds is 6. The van der Waals surface area contributed by atoms with Crippen LogP contribution in [-0.2, 0) is 12.8 Å². The Kier molecular flexibility index (Phi) is 5.42. The molecule has 3 nitrogen and oxygen atoms in total. The van der Waals surface area contributed by atoms with E-state index in [0.29, 0.717) is 6.04 Å². The first-order valence-corrected chi connectivity index (χ1v) is 7.51. The van der Waals surface area contributed by atoms with Crippen molar-refractivity contribution in [3.63, 3.8) is 0 Å². The Morgan fingerprint density at radius 3 is 3.24 bits per heavy atom. The largest absolute Gasteiger partial charge is 0.320 e. The van der Waals surface area contributed by atoms with Gasteiger partial charge < -0.3 is 10.6 Å². The third-order valence-corrected chi connectivity index (χ3v) is 4.36. The molecule has 1 aliphatic heterocycles. The molecule has 0 amide bonds. The molecule has 0 aliphatic carbocycles. The van der Waals surface area contributed by atoms with Crippen molar-refractivity contribution in [1.82, 2.24) is 15.6 Å². The van der Waals surface area contributed by atoms with E-state index in [1.165, 1.54) is 42.1 Å². The maximum Gasteiger partial charge on any atom is 0.0943 e. The first-order valence-electron chi connectivity index (χ1n) is 6.70. The Morgan fingerprint density at radius 1 is 1.53 bits per heavy atom. The standard InChI is InChI=1S/C13H23N3S/c1-14-7-4-6-12-10-16-13(17-12)9-11-5-2-3-8-15-11/h10-11,14-15H,2-9H2,1H3. The lowest BCUT2D eigenvalue weighted by Gasteiger charge is -2.22. The predicted octanol–water partition coefficient (Wildman–Crippen LogP) is 1.98. The summed E-state index contributed by atoms with van der Waals surface area (Å²) in [5.74, 6) is 0. The molecule has 1 saturated heterocycles. The van der Waals surface area contributed by atoms with E-state index in [2.05, 4.69) is 21.8 Å². The third-order valence-electron chi connectivity index (χ3n) is 3.28. The summed E-state index contributed by atoms with van der Waals surface area (Å²) in [6, 6.07) is 0.667. The maximum absolute atomic E-state index is 4.55. The molecule has 0 radical (unpaired) electrons. The summed E-state index contributed by atoms with van der Waals surface area (Å²) in [5.41, 5.74) is 0. The van der Waals surface area contributed by atoms with Gasteiger partial charge in [-0.3, -0.25) is 0 Å². The summed E-state index contributed by atoms with van der Waals surface area (Å²) >= 11 is 1.90. The zero-order chi connectivity index (χ0) is 11.9. The fraction of sp³-hybridized carbons (Fsp3) is 0.769. The smallest absolute Gasteiger partial charge is 0.0943 e. The van der Waals surface area contributed by atoms with Gasteiger partial charge in [-0.05, 0) is 45.8 Å². The van der Waals surface area contributed by atoms with Gasteiger partial charge in [0.1, 0.15) is 0 Å². The molecule has 1 unspecified atom stereocenters. The zero-order valence-corrected chi connectivity index (χ0v) is 11.5. The van der Waals surface area contributed by atoms with Crippen LogP contribution in [0.25, 0.3) is 0 Å². The van der Waals surface area contributed by atoms with Crippen molar-refractivity contribution < 1.29 is 0 Å². The van der Waals surface area contributed by atoms with Gasteiger partial charge >= 0.3 is 0 Å². The van der Waals surface area contributed by atoms with Crippen molar-refractivity contribution >= 4 is 11.3 Å². The second kappa shape index (κ2) is 7.09. The molecule has 2 heterocycles. The second-order valence-corrected chi connectivity index (χ2v) is 5.98. The maximum atomic E-state index is 4.55. The van der Waals surface area contributed by atoms with E-state index < -0.39 is 0 Å². The van der Waals surface area contributed by atoms with Crippen LogP contribution in [0.2, 0.25) is 0 Å². The van der Waals surface area contributed by atoms with E-state index in [9.17, 15) is 0 Å². The highest BCUT2D eigenvalue weighted by Gasteiger charge is 2.14. The third kappa shape index (κ3) is 4.37. The fourth-order valence-electron chi connectivity index (χ4n) is 2.31. The number of hydrogen-bond acceptors (Lipinski definition) is 4. The van der Waals surface area contributed by atoms with Crippen molar-refractivity contribution in [2.24, 2.45) is 0 Å². The number of aromatic nitrogens is 1. The van der Waals surface area contributed by atoms with Gasteiger partial charge in [-0.1, -0.05) is 6.42 Å². The SMILES string of the molecule is CNCCCc1cnc(CC2CCCCN2)s1. The summed E-state index contributed by atoms with van der Waals surface area (Å²) in [4.78, 5) is 5.98. The second-order valence-electron chi connectivity index (χ2n) is 4.78. The Hall–Kier alpha value is -0.450. The predicted molar refractivity (Wildman–Crippen MR) is 73.7 cm³/mol. The van der Waals surface area contributed by atoms with Crippen molar-refractivity contribution in [2.75, 3.05) is 20.1 Å². The molecule has 2 N–H and O–H groups in total. The van der Waals surface area contributed by atoms with Crippen molar-refractivity contribution in [2.45, 2.75) is 44.6 Å². The summed E-state index contributed by atoms with van der Waals surface area (Å²) in [5, 5.41) is 8.08. The van der Waals surface area contributed by atoms with E-state index >= 15 is 0 Å². The fourth-order valence-corrected chi connectivity index (χ4v) is 3.35. The van der Waals surface area contributed by atoms with Crippen molar-refractivity contribution in [3.05, 3.63) is 16.1 Å². The number of piperidine rings is 1. The number of hydrogen-bond donors (Lipinski definition) is 2. The van der Waals surface area contributed by atoms with Gasteiger partial charge in [-0.2, -0.15) is 0 Å². The highest BCUT2D eigenvalue weighted by atomic mass is 32.1. The normalized spacial score (nSPS) is 20.6. The van der Waals surface area contributed by atoms with E-state index in [4.69, 9.17) is 0 Å². The lowest BCUT2D eigenvalue weighted by atomic mass is 10.0. The minimum atomic E-state index is 0.667. The van der Waals surface area contributed by atoms with Crippen LogP contribution < -0.4 is 10.6 Å². The van der Waals surface area contributed by atoms with Crippen molar-refractivity contribution in [1.29, 1.82) is 0 Å². The van der Waals surface area contributed by atoms with E-state index in [1.54, 1.807) is 0 Å². The molecule has 1 aromatic rings. The van der Waals surface area contributed by atoms with E-state index in [0.717, 1.165) is 19.4 Å². The van der Waals surface area contributed by atoms with Crippen LogP contribution in [0.15, 0.2) is 6.20 Å². The minimum absolute atomic E-state index is 0.667. The van der Waals surface area contributed by atoms with Gasteiger partial charge in [0.25, 0.3) is 0 Å². The first-order chi connectivity index (χ1) is 8.38. The van der Waals surface area contributed by atoms with Crippen LogP contribution >= 0.6 is 11.3 Å². The Labute approximate surface area is 108 Å². The van der Waals surface area contributed by atoms with Crippen LogP contribution in [-0.4, -0.2) is 31.2 Å². The van der Waals surface area contributed by atoms with Gasteiger partial charge in [0.15, 0.2) is 0 Å². The summed E-state index contributed by atoms with van der Waals surface area (Å²) < 4.78 is 0. The quantitative estimate of drug-likeness (QED) is 0.761. The van der Waals surface area contributed by atoms with Crippen LogP contribution in [0, 0.1) is 0 Å². The van der Waals surface area contributed by atoms with Gasteiger partial charge in [-0.15, -0.1) is 11.3 Å². The van der Waals surface area contributed by atoms with Crippen molar-refractivity contribution in [3.8, 4) is 0 Å². The van der Waals surface area contributed by atoms with Gasteiger partial charge in [0.2, 0.25) is 0 Å². The highest BCUT2D eigenvalue weighted by molar-refractivity contribution is 7.11. The molecular formula is C13H23N3S. The molecule has 96 valence electrons. The molecule has 0 saturated carbocycles. The Balaban J connectivity index is 1.76. The molecule has 1 fully saturated rings. The van der Waals surface area contributed by atoms with Gasteiger partial charge in [0, 0.05) is 23.5 Å². The first kappa shape index (κ1) is 13.0. The molecule has 0 bridgehead atoms. The Morgan fingerprint density at radius 2 is 2.47 bits per heavy atom. The van der Waals surface area contributed by atoms with Crippen LogP contribution in [0.3, 0.4) is 0 Å². The number of nitrogens with zero attached hydrogens (tertiary/aromatic N) is 1. The monoisotopic (exact) mass is 253 g/mol. The molecule has 17 heavy (non-hydrogen) atoms. The minimum Gasteiger partial charge on any atom is -0.320 e. The zero-order valence-electron chi connectivity index (χ0n) is 10.7. The van der Waals surface area contributed by atoms with Gasteiger partial charge in [0.05, 0.1) is 5.01 Å². The summed E-state index contributed by atoms with van der Waals surface area (Å²) in [6.45, 7) is 2.28. The summed E-state index contributed by atoms with van der Waals surface area (Å²) in [7, 11) is 2.01. The molecule has 1 atom stereocenters. The molecule has 4 heteroatoms. The molecule has 2 rings (SSSR count).